The predicted octanol–water partition coefficient (Wildman–Crippen LogP) is 4.49. The number of carbonyl (C=O) groups excluding carboxylic acids is 1. The van der Waals surface area contributed by atoms with Gasteiger partial charge < -0.3 is 4.74 Å². The van der Waals surface area contributed by atoms with Gasteiger partial charge in [0.2, 0.25) is 0 Å². The lowest BCUT2D eigenvalue weighted by Gasteiger charge is -2.13. The predicted molar refractivity (Wildman–Crippen MR) is 82.1 cm³/mol. The van der Waals surface area contributed by atoms with Crippen LogP contribution in [-0.2, 0) is 0 Å². The third kappa shape index (κ3) is 3.18. The van der Waals surface area contributed by atoms with Crippen molar-refractivity contribution in [3.8, 4) is 11.8 Å². The molecule has 0 fully saturated rings. The van der Waals surface area contributed by atoms with Crippen LogP contribution in [0.5, 0.6) is 5.75 Å². The SMILES string of the molecule is COc1cc(Cl)ccc1C(=O)C(C#N)c1ccccc1Cl. The van der Waals surface area contributed by atoms with E-state index in [9.17, 15) is 10.1 Å². The number of halogens is 2. The van der Waals surface area contributed by atoms with Gasteiger partial charge in [-0.3, -0.25) is 4.79 Å². The van der Waals surface area contributed by atoms with E-state index in [1.54, 1.807) is 36.4 Å². The number of Topliss-reactive ketones (excluding diaryl/α,β-unsaturated/α-hetero) is 1. The van der Waals surface area contributed by atoms with Crippen LogP contribution in [-0.4, -0.2) is 12.9 Å². The number of ketones is 1. The van der Waals surface area contributed by atoms with E-state index in [-0.39, 0.29) is 5.78 Å². The highest BCUT2D eigenvalue weighted by molar-refractivity contribution is 6.32. The molecule has 3 nitrogen and oxygen atoms in total. The minimum absolute atomic E-state index is 0.299. The molecule has 2 aromatic carbocycles. The summed E-state index contributed by atoms with van der Waals surface area (Å²) in [6.45, 7) is 0. The maximum atomic E-state index is 12.6. The van der Waals surface area contributed by atoms with Gasteiger partial charge in [0.25, 0.3) is 0 Å². The minimum atomic E-state index is -0.992. The fourth-order valence-electron chi connectivity index (χ4n) is 2.00. The molecule has 0 aromatic heterocycles. The molecule has 5 heteroatoms. The van der Waals surface area contributed by atoms with Crippen LogP contribution in [0.1, 0.15) is 21.8 Å². The molecule has 0 N–H and O–H groups in total. The Morgan fingerprint density at radius 3 is 2.57 bits per heavy atom. The molecular formula is C16H11Cl2NO2. The Kier molecular flexibility index (Phi) is 4.85. The molecule has 0 heterocycles. The van der Waals surface area contributed by atoms with Crippen molar-refractivity contribution in [2.24, 2.45) is 0 Å². The van der Waals surface area contributed by atoms with Crippen LogP contribution < -0.4 is 4.74 Å². The van der Waals surface area contributed by atoms with Crippen molar-refractivity contribution in [1.82, 2.24) is 0 Å². The summed E-state index contributed by atoms with van der Waals surface area (Å²) in [5, 5.41) is 10.2. The number of benzene rings is 2. The van der Waals surface area contributed by atoms with Gasteiger partial charge in [-0.2, -0.15) is 5.26 Å². The average molecular weight is 320 g/mol. The van der Waals surface area contributed by atoms with Crippen molar-refractivity contribution >= 4 is 29.0 Å². The zero-order chi connectivity index (χ0) is 15.4. The topological polar surface area (TPSA) is 50.1 Å². The summed E-state index contributed by atoms with van der Waals surface area (Å²) >= 11 is 12.0. The molecule has 0 radical (unpaired) electrons. The van der Waals surface area contributed by atoms with Gasteiger partial charge in [-0.25, -0.2) is 0 Å². The zero-order valence-corrected chi connectivity index (χ0v) is 12.7. The Labute approximate surface area is 132 Å². The van der Waals surface area contributed by atoms with Crippen LogP contribution in [0.2, 0.25) is 10.0 Å². The molecule has 2 aromatic rings. The molecule has 1 atom stereocenters. The van der Waals surface area contributed by atoms with E-state index in [2.05, 4.69) is 0 Å². The number of nitrogens with zero attached hydrogens (tertiary/aromatic N) is 1. The van der Waals surface area contributed by atoms with Crippen molar-refractivity contribution in [2.75, 3.05) is 7.11 Å². The highest BCUT2D eigenvalue weighted by Gasteiger charge is 2.26. The molecule has 0 saturated heterocycles. The van der Waals surface area contributed by atoms with Gasteiger partial charge in [-0.15, -0.1) is 0 Å². The third-order valence-electron chi connectivity index (χ3n) is 3.04. The zero-order valence-electron chi connectivity index (χ0n) is 11.1. The first-order chi connectivity index (χ1) is 10.1. The molecular weight excluding hydrogens is 309 g/mol. The number of hydrogen-bond acceptors (Lipinski definition) is 3. The number of carbonyl (C=O) groups is 1. The minimum Gasteiger partial charge on any atom is -0.496 e. The second kappa shape index (κ2) is 6.62. The Morgan fingerprint density at radius 1 is 1.24 bits per heavy atom. The van der Waals surface area contributed by atoms with E-state index in [1.165, 1.54) is 13.2 Å². The summed E-state index contributed by atoms with van der Waals surface area (Å²) in [4.78, 5) is 12.6. The molecule has 0 spiro atoms. The largest absolute Gasteiger partial charge is 0.496 e. The van der Waals surface area contributed by atoms with E-state index in [1.807, 2.05) is 6.07 Å². The standard InChI is InChI=1S/C16H11Cl2NO2/c1-21-15-8-10(17)6-7-12(15)16(20)13(9-19)11-4-2-3-5-14(11)18/h2-8,13H,1H3. The Bertz CT molecular complexity index is 722. The molecule has 0 aliphatic carbocycles. The van der Waals surface area contributed by atoms with E-state index >= 15 is 0 Å². The number of nitriles is 1. The molecule has 0 aliphatic rings. The van der Waals surface area contributed by atoms with E-state index in [0.717, 1.165) is 0 Å². The fraction of sp³-hybridized carbons (Fsp3) is 0.125. The third-order valence-corrected chi connectivity index (χ3v) is 3.62. The molecule has 106 valence electrons. The van der Waals surface area contributed by atoms with Crippen LogP contribution >= 0.6 is 23.2 Å². The van der Waals surface area contributed by atoms with Gasteiger partial charge >= 0.3 is 0 Å². The van der Waals surface area contributed by atoms with Crippen LogP contribution in [0, 0.1) is 11.3 Å². The van der Waals surface area contributed by atoms with Crippen molar-refractivity contribution in [3.05, 3.63) is 63.6 Å². The molecule has 1 unspecified atom stereocenters. The van der Waals surface area contributed by atoms with Crippen molar-refractivity contribution in [2.45, 2.75) is 5.92 Å². The van der Waals surface area contributed by atoms with E-state index in [0.29, 0.717) is 26.9 Å². The fourth-order valence-corrected chi connectivity index (χ4v) is 2.41. The van der Waals surface area contributed by atoms with Crippen molar-refractivity contribution in [3.63, 3.8) is 0 Å². The smallest absolute Gasteiger partial charge is 0.188 e. The lowest BCUT2D eigenvalue weighted by atomic mass is 9.91. The number of rotatable bonds is 4. The molecule has 0 saturated carbocycles. The van der Waals surface area contributed by atoms with E-state index in [4.69, 9.17) is 27.9 Å². The van der Waals surface area contributed by atoms with Gasteiger partial charge in [0, 0.05) is 10.0 Å². The van der Waals surface area contributed by atoms with Gasteiger partial charge in [-0.05, 0) is 29.8 Å². The van der Waals surface area contributed by atoms with Crippen molar-refractivity contribution < 1.29 is 9.53 Å². The molecule has 0 amide bonds. The van der Waals surface area contributed by atoms with Crippen molar-refractivity contribution in [1.29, 1.82) is 5.26 Å². The van der Waals surface area contributed by atoms with Gasteiger partial charge in [-0.1, -0.05) is 41.4 Å². The molecule has 0 aliphatic heterocycles. The first-order valence-electron chi connectivity index (χ1n) is 6.10. The molecule has 2 rings (SSSR count). The maximum Gasteiger partial charge on any atom is 0.188 e. The van der Waals surface area contributed by atoms with Crippen LogP contribution in [0.15, 0.2) is 42.5 Å². The average Bonchev–Trinajstić information content (AvgIpc) is 2.49. The Morgan fingerprint density at radius 2 is 1.95 bits per heavy atom. The number of ether oxygens (including phenoxy) is 1. The van der Waals surface area contributed by atoms with Crippen LogP contribution in [0.3, 0.4) is 0 Å². The second-order valence-electron chi connectivity index (χ2n) is 4.29. The van der Waals surface area contributed by atoms with Gasteiger partial charge in [0.05, 0.1) is 18.7 Å². The molecule has 0 bridgehead atoms. The summed E-state index contributed by atoms with van der Waals surface area (Å²) in [7, 11) is 1.44. The van der Waals surface area contributed by atoms with Gasteiger partial charge in [0.1, 0.15) is 11.7 Å². The summed E-state index contributed by atoms with van der Waals surface area (Å²) in [6, 6.07) is 13.5. The number of methoxy groups -OCH3 is 1. The summed E-state index contributed by atoms with van der Waals surface area (Å²) in [5.41, 5.74) is 0.775. The first kappa shape index (κ1) is 15.4. The maximum absolute atomic E-state index is 12.6. The highest BCUT2D eigenvalue weighted by Crippen LogP contribution is 2.31. The molecule has 21 heavy (non-hydrogen) atoms. The summed E-state index contributed by atoms with van der Waals surface area (Å²) in [6.07, 6.45) is 0. The highest BCUT2D eigenvalue weighted by atomic mass is 35.5. The summed E-state index contributed by atoms with van der Waals surface area (Å²) < 4.78 is 5.16. The lowest BCUT2D eigenvalue weighted by Crippen LogP contribution is -2.13. The number of hydrogen-bond donors (Lipinski definition) is 0. The summed E-state index contributed by atoms with van der Waals surface area (Å²) in [5.74, 6) is -1.03. The lowest BCUT2D eigenvalue weighted by molar-refractivity contribution is 0.0976. The Hall–Kier alpha value is -2.02. The van der Waals surface area contributed by atoms with Gasteiger partial charge in [0.15, 0.2) is 5.78 Å². The van der Waals surface area contributed by atoms with Crippen LogP contribution in [0.4, 0.5) is 0 Å². The Balaban J connectivity index is 2.48. The first-order valence-corrected chi connectivity index (χ1v) is 6.86. The monoisotopic (exact) mass is 319 g/mol. The van der Waals surface area contributed by atoms with E-state index < -0.39 is 5.92 Å². The quantitative estimate of drug-likeness (QED) is 0.780. The second-order valence-corrected chi connectivity index (χ2v) is 5.14. The normalized spacial score (nSPS) is 11.5. The van der Waals surface area contributed by atoms with Crippen LogP contribution in [0.25, 0.3) is 0 Å².